The summed E-state index contributed by atoms with van der Waals surface area (Å²) >= 11 is 3.26. The second kappa shape index (κ2) is 5.42. The predicted octanol–water partition coefficient (Wildman–Crippen LogP) is 2.82. The Balaban J connectivity index is 1.87. The summed E-state index contributed by atoms with van der Waals surface area (Å²) in [7, 11) is 0. The summed E-state index contributed by atoms with van der Waals surface area (Å²) in [5.74, 6) is -0.108. The van der Waals surface area contributed by atoms with Crippen molar-refractivity contribution in [1.29, 1.82) is 0 Å². The van der Waals surface area contributed by atoms with Crippen molar-refractivity contribution in [2.45, 2.75) is 25.0 Å². The van der Waals surface area contributed by atoms with Gasteiger partial charge >= 0.3 is 0 Å². The Bertz CT molecular complexity index is 638. The van der Waals surface area contributed by atoms with Crippen LogP contribution in [0.2, 0.25) is 0 Å². The summed E-state index contributed by atoms with van der Waals surface area (Å²) in [5, 5.41) is 13.0. The van der Waals surface area contributed by atoms with Gasteiger partial charge in [-0.2, -0.15) is 0 Å². The van der Waals surface area contributed by atoms with Gasteiger partial charge in [0, 0.05) is 0 Å². The lowest BCUT2D eigenvalue weighted by molar-refractivity contribution is 0.0767. The van der Waals surface area contributed by atoms with Gasteiger partial charge in [-0.25, -0.2) is 0 Å². The second-order valence-corrected chi connectivity index (χ2v) is 5.71. The van der Waals surface area contributed by atoms with Crippen molar-refractivity contribution in [1.82, 2.24) is 5.32 Å². The number of fused-ring (bicyclic) bond motifs is 1. The zero-order valence-corrected chi connectivity index (χ0v) is 12.3. The van der Waals surface area contributed by atoms with Gasteiger partial charge in [0.25, 0.3) is 5.91 Å². The maximum Gasteiger partial charge on any atom is 0.288 e. The first-order valence-electron chi connectivity index (χ1n) is 6.46. The van der Waals surface area contributed by atoms with E-state index in [0.29, 0.717) is 10.9 Å². The molecule has 0 unspecified atom stereocenters. The molecule has 1 aliphatic carbocycles. The molecule has 5 heteroatoms. The SMILES string of the molecule is O=C(N[C@H]1c2ccccc2CC[C@H]1O)c1occc1Br. The van der Waals surface area contributed by atoms with Crippen LogP contribution >= 0.6 is 15.9 Å². The topological polar surface area (TPSA) is 62.5 Å². The van der Waals surface area contributed by atoms with E-state index in [2.05, 4.69) is 21.2 Å². The van der Waals surface area contributed by atoms with E-state index in [1.165, 1.54) is 11.8 Å². The number of hydrogen-bond donors (Lipinski definition) is 2. The minimum atomic E-state index is -0.581. The van der Waals surface area contributed by atoms with Crippen molar-refractivity contribution in [2.24, 2.45) is 0 Å². The third-order valence-corrected chi connectivity index (χ3v) is 4.22. The van der Waals surface area contributed by atoms with Gasteiger partial charge in [0.1, 0.15) is 0 Å². The number of rotatable bonds is 2. The van der Waals surface area contributed by atoms with Crippen LogP contribution in [-0.2, 0) is 6.42 Å². The molecule has 0 saturated carbocycles. The van der Waals surface area contributed by atoms with Crippen LogP contribution in [0.4, 0.5) is 0 Å². The van der Waals surface area contributed by atoms with Crippen molar-refractivity contribution >= 4 is 21.8 Å². The number of halogens is 1. The van der Waals surface area contributed by atoms with E-state index in [0.717, 1.165) is 12.0 Å². The van der Waals surface area contributed by atoms with Gasteiger partial charge in [0.05, 0.1) is 22.9 Å². The largest absolute Gasteiger partial charge is 0.458 e. The van der Waals surface area contributed by atoms with Gasteiger partial charge < -0.3 is 14.8 Å². The highest BCUT2D eigenvalue weighted by atomic mass is 79.9. The standard InChI is InChI=1S/C15H14BrNO3/c16-11-7-8-20-14(11)15(19)17-13-10-4-2-1-3-9(10)5-6-12(13)18/h1-4,7-8,12-13,18H,5-6H2,(H,17,19)/t12-,13+/m1/s1. The number of amides is 1. The van der Waals surface area contributed by atoms with Gasteiger partial charge in [0.2, 0.25) is 5.76 Å². The lowest BCUT2D eigenvalue weighted by atomic mass is 9.85. The average molecular weight is 336 g/mol. The zero-order valence-electron chi connectivity index (χ0n) is 10.7. The molecule has 20 heavy (non-hydrogen) atoms. The molecule has 104 valence electrons. The van der Waals surface area contributed by atoms with Crippen LogP contribution in [0.25, 0.3) is 0 Å². The maximum atomic E-state index is 12.2. The predicted molar refractivity (Wildman–Crippen MR) is 77.4 cm³/mol. The normalized spacial score (nSPS) is 21.3. The summed E-state index contributed by atoms with van der Waals surface area (Å²) in [5.41, 5.74) is 2.14. The molecule has 4 nitrogen and oxygen atoms in total. The fraction of sp³-hybridized carbons (Fsp3) is 0.267. The Hall–Kier alpha value is -1.59. The van der Waals surface area contributed by atoms with E-state index < -0.39 is 12.1 Å². The number of carbonyl (C=O) groups excluding carboxylic acids is 1. The Morgan fingerprint density at radius 3 is 2.90 bits per heavy atom. The molecule has 1 aromatic heterocycles. The molecule has 0 saturated heterocycles. The van der Waals surface area contributed by atoms with Gasteiger partial charge in [0.15, 0.2) is 0 Å². The van der Waals surface area contributed by atoms with Crippen LogP contribution in [0.1, 0.15) is 34.1 Å². The first kappa shape index (κ1) is 13.4. The second-order valence-electron chi connectivity index (χ2n) is 4.85. The maximum absolute atomic E-state index is 12.2. The third-order valence-electron chi connectivity index (χ3n) is 3.59. The van der Waals surface area contributed by atoms with Crippen molar-refractivity contribution in [3.63, 3.8) is 0 Å². The number of aliphatic hydroxyl groups excluding tert-OH is 1. The highest BCUT2D eigenvalue weighted by Crippen LogP contribution is 2.30. The van der Waals surface area contributed by atoms with Gasteiger partial charge in [-0.05, 0) is 46.0 Å². The number of furan rings is 1. The summed E-state index contributed by atoms with van der Waals surface area (Å²) in [4.78, 5) is 12.2. The summed E-state index contributed by atoms with van der Waals surface area (Å²) in [6.07, 6.45) is 2.34. The quantitative estimate of drug-likeness (QED) is 0.887. The Morgan fingerprint density at radius 2 is 2.15 bits per heavy atom. The van der Waals surface area contributed by atoms with E-state index in [-0.39, 0.29) is 11.7 Å². The molecule has 0 radical (unpaired) electrons. The Labute approximate surface area is 124 Å². The third kappa shape index (κ3) is 2.39. The minimum Gasteiger partial charge on any atom is -0.458 e. The summed E-state index contributed by atoms with van der Waals surface area (Å²) in [6.45, 7) is 0. The molecule has 1 amide bonds. The Morgan fingerprint density at radius 1 is 1.35 bits per heavy atom. The molecule has 1 aliphatic rings. The molecular weight excluding hydrogens is 322 g/mol. The van der Waals surface area contributed by atoms with Crippen LogP contribution in [0.5, 0.6) is 0 Å². The van der Waals surface area contributed by atoms with Gasteiger partial charge in [-0.15, -0.1) is 0 Å². The van der Waals surface area contributed by atoms with Crippen molar-refractivity contribution in [3.8, 4) is 0 Å². The van der Waals surface area contributed by atoms with Gasteiger partial charge in [-0.1, -0.05) is 24.3 Å². The molecular formula is C15H14BrNO3. The molecule has 2 atom stereocenters. The molecule has 0 bridgehead atoms. The van der Waals surface area contributed by atoms with Crippen molar-refractivity contribution < 1.29 is 14.3 Å². The van der Waals surface area contributed by atoms with E-state index in [1.54, 1.807) is 6.07 Å². The van der Waals surface area contributed by atoms with Crippen LogP contribution in [0.15, 0.2) is 45.5 Å². The van der Waals surface area contributed by atoms with Crippen LogP contribution in [0.3, 0.4) is 0 Å². The van der Waals surface area contributed by atoms with Crippen molar-refractivity contribution in [2.75, 3.05) is 0 Å². The highest BCUT2D eigenvalue weighted by Gasteiger charge is 2.30. The van der Waals surface area contributed by atoms with Crippen molar-refractivity contribution in [3.05, 3.63) is 58.0 Å². The van der Waals surface area contributed by atoms with E-state index >= 15 is 0 Å². The number of hydrogen-bond acceptors (Lipinski definition) is 3. The molecule has 3 rings (SSSR count). The number of aliphatic hydroxyl groups is 1. The van der Waals surface area contributed by atoms with Crippen LogP contribution in [0, 0.1) is 0 Å². The van der Waals surface area contributed by atoms with E-state index in [4.69, 9.17) is 4.42 Å². The molecule has 0 fully saturated rings. The molecule has 1 aromatic carbocycles. The Kier molecular flexibility index (Phi) is 3.63. The lowest BCUT2D eigenvalue weighted by Gasteiger charge is -2.30. The van der Waals surface area contributed by atoms with Gasteiger partial charge in [-0.3, -0.25) is 4.79 Å². The molecule has 2 aromatic rings. The number of nitrogens with one attached hydrogen (secondary N) is 1. The molecule has 1 heterocycles. The molecule has 2 N–H and O–H groups in total. The molecule has 0 spiro atoms. The van der Waals surface area contributed by atoms with Crippen LogP contribution in [-0.4, -0.2) is 17.1 Å². The number of carbonyl (C=O) groups is 1. The summed E-state index contributed by atoms with van der Waals surface area (Å²) < 4.78 is 5.76. The van der Waals surface area contributed by atoms with E-state index in [1.807, 2.05) is 24.3 Å². The van der Waals surface area contributed by atoms with E-state index in [9.17, 15) is 9.90 Å². The van der Waals surface area contributed by atoms with Crippen LogP contribution < -0.4 is 5.32 Å². The zero-order chi connectivity index (χ0) is 14.1. The first-order chi connectivity index (χ1) is 9.66. The smallest absolute Gasteiger partial charge is 0.288 e. The lowest BCUT2D eigenvalue weighted by Crippen LogP contribution is -2.39. The molecule has 0 aliphatic heterocycles. The fourth-order valence-corrected chi connectivity index (χ4v) is 2.96. The average Bonchev–Trinajstić information content (AvgIpc) is 2.88. The minimum absolute atomic E-state index is 0.222. The number of aryl methyl sites for hydroxylation is 1. The summed E-state index contributed by atoms with van der Waals surface area (Å²) in [6, 6.07) is 9.13. The first-order valence-corrected chi connectivity index (χ1v) is 7.26. The monoisotopic (exact) mass is 335 g/mol. The highest BCUT2D eigenvalue weighted by molar-refractivity contribution is 9.10. The fourth-order valence-electron chi connectivity index (χ4n) is 2.58. The number of benzene rings is 1.